The van der Waals surface area contributed by atoms with Gasteiger partial charge >= 0.3 is 5.97 Å². The summed E-state index contributed by atoms with van der Waals surface area (Å²) in [6.45, 7) is 2.07. The Balaban J connectivity index is 1.95. The molecule has 0 aliphatic rings. The Labute approximate surface area is 142 Å². The molecule has 126 valence electrons. The van der Waals surface area contributed by atoms with Crippen molar-refractivity contribution < 1.29 is 18.7 Å². The van der Waals surface area contributed by atoms with Gasteiger partial charge in [0.25, 0.3) is 5.91 Å². The van der Waals surface area contributed by atoms with Crippen LogP contribution in [0, 0.1) is 5.82 Å². The van der Waals surface area contributed by atoms with Crippen molar-refractivity contribution in [3.63, 3.8) is 0 Å². The minimum atomic E-state index is -0.544. The molecule has 0 saturated heterocycles. The molecule has 0 spiro atoms. The van der Waals surface area contributed by atoms with Crippen molar-refractivity contribution in [1.29, 1.82) is 0 Å². The van der Waals surface area contributed by atoms with Gasteiger partial charge in [-0.15, -0.1) is 0 Å². The monoisotopic (exact) mass is 349 g/mol. The number of nitrogens with one attached hydrogen (secondary N) is 1. The molecule has 0 saturated carbocycles. The number of carbonyl (C=O) groups is 2. The number of ether oxygens (including phenoxy) is 1. The van der Waals surface area contributed by atoms with Gasteiger partial charge in [-0.1, -0.05) is 11.8 Å². The van der Waals surface area contributed by atoms with Gasteiger partial charge in [0.15, 0.2) is 0 Å². The topological polar surface area (TPSA) is 94.3 Å². The van der Waals surface area contributed by atoms with Gasteiger partial charge in [-0.2, -0.15) is 0 Å². The van der Waals surface area contributed by atoms with Crippen LogP contribution < -0.4 is 11.1 Å². The molecule has 0 bridgehead atoms. The van der Waals surface area contributed by atoms with Gasteiger partial charge in [0.05, 0.1) is 28.6 Å². The number of hydrogen-bond donors (Lipinski definition) is 2. The number of rotatable bonds is 6. The first kappa shape index (κ1) is 17.7. The average Bonchev–Trinajstić information content (AvgIpc) is 2.57. The highest BCUT2D eigenvalue weighted by atomic mass is 32.2. The highest BCUT2D eigenvalue weighted by Crippen LogP contribution is 2.18. The number of carbonyl (C=O) groups excluding carboxylic acids is 2. The standard InChI is InChI=1S/C16H16FN3O3S/c1-2-23-15(21)9-24-14-6-3-10(8-19-14)16(22)20-11-4-5-12(17)13(18)7-11/h3-8H,2,9,18H2,1H3,(H,20,22). The van der Waals surface area contributed by atoms with E-state index in [4.69, 9.17) is 10.5 Å². The van der Waals surface area contributed by atoms with E-state index in [0.717, 1.165) is 0 Å². The first-order valence-electron chi connectivity index (χ1n) is 7.10. The summed E-state index contributed by atoms with van der Waals surface area (Å²) in [4.78, 5) is 27.5. The van der Waals surface area contributed by atoms with Crippen molar-refractivity contribution >= 4 is 35.0 Å². The van der Waals surface area contributed by atoms with E-state index in [0.29, 0.717) is 22.9 Å². The Hall–Kier alpha value is -2.61. The summed E-state index contributed by atoms with van der Waals surface area (Å²) in [7, 11) is 0. The number of benzene rings is 1. The molecule has 0 atom stereocenters. The minimum Gasteiger partial charge on any atom is -0.465 e. The number of hydrogen-bond acceptors (Lipinski definition) is 6. The quantitative estimate of drug-likeness (QED) is 0.473. The molecule has 1 amide bonds. The van der Waals surface area contributed by atoms with Crippen LogP contribution >= 0.6 is 11.8 Å². The molecule has 0 aliphatic heterocycles. The van der Waals surface area contributed by atoms with Gasteiger partial charge in [-0.05, 0) is 37.3 Å². The number of pyridine rings is 1. The Morgan fingerprint density at radius 3 is 2.75 bits per heavy atom. The molecule has 24 heavy (non-hydrogen) atoms. The summed E-state index contributed by atoms with van der Waals surface area (Å²) in [6, 6.07) is 7.16. The number of amides is 1. The van der Waals surface area contributed by atoms with E-state index >= 15 is 0 Å². The Bertz CT molecular complexity index is 738. The molecular weight excluding hydrogens is 333 g/mol. The summed E-state index contributed by atoms with van der Waals surface area (Å²) in [5, 5.41) is 3.21. The largest absolute Gasteiger partial charge is 0.465 e. The van der Waals surface area contributed by atoms with Crippen molar-refractivity contribution in [3.8, 4) is 0 Å². The molecule has 8 heteroatoms. The Morgan fingerprint density at radius 1 is 1.33 bits per heavy atom. The highest BCUT2D eigenvalue weighted by Gasteiger charge is 2.09. The number of aromatic nitrogens is 1. The zero-order valence-corrected chi connectivity index (χ0v) is 13.7. The number of anilines is 2. The zero-order valence-electron chi connectivity index (χ0n) is 12.9. The van der Waals surface area contributed by atoms with E-state index in [-0.39, 0.29) is 17.4 Å². The first-order valence-corrected chi connectivity index (χ1v) is 8.09. The van der Waals surface area contributed by atoms with Gasteiger partial charge in [-0.25, -0.2) is 9.37 Å². The second-order valence-electron chi connectivity index (χ2n) is 4.67. The lowest BCUT2D eigenvalue weighted by Gasteiger charge is -2.07. The molecule has 3 N–H and O–H groups in total. The normalized spacial score (nSPS) is 10.2. The third-order valence-corrected chi connectivity index (χ3v) is 3.81. The van der Waals surface area contributed by atoms with E-state index in [2.05, 4.69) is 10.3 Å². The maximum absolute atomic E-state index is 13.1. The van der Waals surface area contributed by atoms with E-state index in [1.165, 1.54) is 36.2 Å². The summed E-state index contributed by atoms with van der Waals surface area (Å²) in [6.07, 6.45) is 1.40. The van der Waals surface area contributed by atoms with Crippen LogP contribution in [0.15, 0.2) is 41.6 Å². The summed E-state index contributed by atoms with van der Waals surface area (Å²) in [5.74, 6) is -1.10. The van der Waals surface area contributed by atoms with Crippen LogP contribution in [-0.2, 0) is 9.53 Å². The lowest BCUT2D eigenvalue weighted by atomic mass is 10.2. The predicted octanol–water partition coefficient (Wildman–Crippen LogP) is 2.71. The average molecular weight is 349 g/mol. The third kappa shape index (κ3) is 4.95. The molecule has 0 radical (unpaired) electrons. The fourth-order valence-corrected chi connectivity index (χ4v) is 2.40. The molecule has 2 aromatic rings. The number of nitrogens with two attached hydrogens (primary N) is 1. The molecule has 0 aliphatic carbocycles. The fraction of sp³-hybridized carbons (Fsp3) is 0.188. The van der Waals surface area contributed by atoms with Crippen LogP contribution in [0.4, 0.5) is 15.8 Å². The highest BCUT2D eigenvalue weighted by molar-refractivity contribution is 7.99. The van der Waals surface area contributed by atoms with Gasteiger partial charge in [0, 0.05) is 11.9 Å². The minimum absolute atomic E-state index is 0.0448. The summed E-state index contributed by atoms with van der Waals surface area (Å²) >= 11 is 1.22. The number of esters is 1. The Morgan fingerprint density at radius 2 is 2.12 bits per heavy atom. The van der Waals surface area contributed by atoms with Crippen molar-refractivity contribution in [2.75, 3.05) is 23.4 Å². The van der Waals surface area contributed by atoms with Gasteiger partial charge in [-0.3, -0.25) is 9.59 Å². The fourth-order valence-electron chi connectivity index (χ4n) is 1.76. The molecular formula is C16H16FN3O3S. The van der Waals surface area contributed by atoms with Crippen LogP contribution in [0.25, 0.3) is 0 Å². The third-order valence-electron chi connectivity index (χ3n) is 2.90. The molecule has 6 nitrogen and oxygen atoms in total. The van der Waals surface area contributed by atoms with E-state index < -0.39 is 11.7 Å². The maximum Gasteiger partial charge on any atom is 0.316 e. The molecule has 0 fully saturated rings. The van der Waals surface area contributed by atoms with Gasteiger partial charge in [0.1, 0.15) is 5.82 Å². The number of halogens is 1. The lowest BCUT2D eigenvalue weighted by Crippen LogP contribution is -2.12. The smallest absolute Gasteiger partial charge is 0.316 e. The lowest BCUT2D eigenvalue weighted by molar-refractivity contribution is -0.139. The molecule has 0 unspecified atom stereocenters. The second-order valence-corrected chi connectivity index (χ2v) is 5.66. The van der Waals surface area contributed by atoms with Crippen molar-refractivity contribution in [2.45, 2.75) is 11.9 Å². The molecule has 2 rings (SSSR count). The van der Waals surface area contributed by atoms with Crippen LogP contribution in [0.5, 0.6) is 0 Å². The maximum atomic E-state index is 13.1. The first-order chi connectivity index (χ1) is 11.5. The molecule has 1 heterocycles. The van der Waals surface area contributed by atoms with Gasteiger partial charge in [0.2, 0.25) is 0 Å². The Kier molecular flexibility index (Phi) is 6.14. The number of thioether (sulfide) groups is 1. The zero-order chi connectivity index (χ0) is 17.5. The van der Waals surface area contributed by atoms with Crippen LogP contribution in [-0.4, -0.2) is 29.2 Å². The van der Waals surface area contributed by atoms with Crippen molar-refractivity contribution in [3.05, 3.63) is 47.9 Å². The number of nitrogens with zero attached hydrogens (tertiary/aromatic N) is 1. The molecule has 1 aromatic heterocycles. The van der Waals surface area contributed by atoms with E-state index in [1.54, 1.807) is 19.1 Å². The number of nitrogen functional groups attached to an aromatic ring is 1. The van der Waals surface area contributed by atoms with E-state index in [9.17, 15) is 14.0 Å². The van der Waals surface area contributed by atoms with Crippen LogP contribution in [0.1, 0.15) is 17.3 Å². The van der Waals surface area contributed by atoms with Gasteiger partial charge < -0.3 is 15.8 Å². The molecule has 1 aromatic carbocycles. The van der Waals surface area contributed by atoms with Crippen molar-refractivity contribution in [1.82, 2.24) is 4.98 Å². The van der Waals surface area contributed by atoms with Crippen molar-refractivity contribution in [2.24, 2.45) is 0 Å². The summed E-state index contributed by atoms with van der Waals surface area (Å²) in [5.41, 5.74) is 6.13. The second kappa shape index (κ2) is 8.30. The van der Waals surface area contributed by atoms with Crippen LogP contribution in [0.2, 0.25) is 0 Å². The summed E-state index contributed by atoms with van der Waals surface area (Å²) < 4.78 is 17.9. The predicted molar refractivity (Wildman–Crippen MR) is 90.4 cm³/mol. The van der Waals surface area contributed by atoms with E-state index in [1.807, 2.05) is 0 Å². The SMILES string of the molecule is CCOC(=O)CSc1ccc(C(=O)Nc2ccc(F)c(N)c2)cn1. The van der Waals surface area contributed by atoms with Crippen LogP contribution in [0.3, 0.4) is 0 Å².